The fourth-order valence-corrected chi connectivity index (χ4v) is 5.59. The Bertz CT molecular complexity index is 1770. The van der Waals surface area contributed by atoms with E-state index in [-0.39, 0.29) is 25.4 Å². The summed E-state index contributed by atoms with van der Waals surface area (Å²) in [5, 5.41) is 0. The van der Waals surface area contributed by atoms with Gasteiger partial charge in [-0.1, -0.05) is 90.2 Å². The number of benzene rings is 3. The van der Waals surface area contributed by atoms with E-state index >= 15 is 0 Å². The molecule has 41 heavy (non-hydrogen) atoms. The topological polar surface area (TPSA) is 96.2 Å². The van der Waals surface area contributed by atoms with Crippen LogP contribution in [0.15, 0.2) is 100 Å². The highest BCUT2D eigenvalue weighted by atomic mass is 32.1. The van der Waals surface area contributed by atoms with Gasteiger partial charge >= 0.3 is 11.9 Å². The van der Waals surface area contributed by atoms with Gasteiger partial charge < -0.3 is 14.2 Å². The number of ether oxygens (including phenoxy) is 3. The Labute approximate surface area is 240 Å². The molecule has 0 radical (unpaired) electrons. The highest BCUT2D eigenvalue weighted by Gasteiger charge is 2.35. The summed E-state index contributed by atoms with van der Waals surface area (Å²) in [5.41, 5.74) is 2.56. The number of esters is 2. The Morgan fingerprint density at radius 1 is 0.902 bits per heavy atom. The van der Waals surface area contributed by atoms with Gasteiger partial charge in [0.15, 0.2) is 11.4 Å². The fraction of sp³-hybridized carbons (Fsp3) is 0.188. The predicted molar refractivity (Wildman–Crippen MR) is 156 cm³/mol. The van der Waals surface area contributed by atoms with Crippen LogP contribution in [-0.2, 0) is 19.1 Å². The van der Waals surface area contributed by atoms with E-state index in [2.05, 4.69) is 0 Å². The van der Waals surface area contributed by atoms with Crippen molar-refractivity contribution in [3.8, 4) is 5.75 Å². The zero-order valence-corrected chi connectivity index (χ0v) is 23.4. The molecular weight excluding hydrogens is 540 g/mol. The molecule has 0 bridgehead atoms. The van der Waals surface area contributed by atoms with Crippen LogP contribution in [-0.4, -0.2) is 36.3 Å². The summed E-state index contributed by atoms with van der Waals surface area (Å²) in [7, 11) is 0. The number of aromatic nitrogens is 1. The molecule has 3 aromatic carbocycles. The molecule has 1 aliphatic rings. The maximum absolute atomic E-state index is 14.0. The van der Waals surface area contributed by atoms with E-state index in [1.54, 1.807) is 42.7 Å². The van der Waals surface area contributed by atoms with Gasteiger partial charge in [-0.05, 0) is 31.6 Å². The van der Waals surface area contributed by atoms with Gasteiger partial charge in [0.1, 0.15) is 5.75 Å². The molecule has 1 aliphatic heterocycles. The molecule has 4 aromatic rings. The first-order valence-corrected chi connectivity index (χ1v) is 14.0. The summed E-state index contributed by atoms with van der Waals surface area (Å²) in [6.45, 7) is 3.65. The zero-order chi connectivity index (χ0) is 28.8. The Morgan fingerprint density at radius 2 is 1.56 bits per heavy atom. The summed E-state index contributed by atoms with van der Waals surface area (Å²) in [5.74, 6) is -0.580. The van der Waals surface area contributed by atoms with Crippen molar-refractivity contribution in [2.24, 2.45) is 4.99 Å². The van der Waals surface area contributed by atoms with Gasteiger partial charge in [0, 0.05) is 11.1 Å². The van der Waals surface area contributed by atoms with Crippen molar-refractivity contribution >= 4 is 35.0 Å². The van der Waals surface area contributed by atoms with Gasteiger partial charge in [-0.2, -0.15) is 0 Å². The minimum Gasteiger partial charge on any atom is -0.481 e. The van der Waals surface area contributed by atoms with Crippen molar-refractivity contribution in [1.82, 2.24) is 4.57 Å². The highest BCUT2D eigenvalue weighted by Crippen LogP contribution is 2.35. The van der Waals surface area contributed by atoms with Crippen LogP contribution in [0.3, 0.4) is 0 Å². The van der Waals surface area contributed by atoms with E-state index in [4.69, 9.17) is 19.2 Å². The third-order valence-corrected chi connectivity index (χ3v) is 7.33. The quantitative estimate of drug-likeness (QED) is 0.285. The Kier molecular flexibility index (Phi) is 8.55. The van der Waals surface area contributed by atoms with Gasteiger partial charge in [0.25, 0.3) is 5.56 Å². The number of carbonyl (C=O) groups excluding carboxylic acids is 2. The maximum atomic E-state index is 14.0. The molecule has 0 unspecified atom stereocenters. The van der Waals surface area contributed by atoms with Crippen LogP contribution in [0.25, 0.3) is 11.8 Å². The summed E-state index contributed by atoms with van der Waals surface area (Å²) in [6.07, 6.45) is 1.71. The first-order valence-electron chi connectivity index (χ1n) is 13.2. The Hall–Kier alpha value is -4.76. The molecule has 8 nitrogen and oxygen atoms in total. The SMILES string of the molecule is CCOC(=O)COc1ccccc1/C=c1\sc2n(c1=O)[C@@H](c1ccccc1)C(C(=O)OCC)=C(c1ccccc1)N=2. The van der Waals surface area contributed by atoms with Crippen LogP contribution < -0.4 is 19.6 Å². The Morgan fingerprint density at radius 3 is 2.27 bits per heavy atom. The Balaban J connectivity index is 1.71. The van der Waals surface area contributed by atoms with Gasteiger partial charge in [-0.3, -0.25) is 9.36 Å². The van der Waals surface area contributed by atoms with Gasteiger partial charge in [-0.25, -0.2) is 14.6 Å². The number of hydrogen-bond acceptors (Lipinski definition) is 8. The lowest BCUT2D eigenvalue weighted by molar-refractivity contribution is -0.145. The van der Waals surface area contributed by atoms with Crippen LogP contribution in [0.2, 0.25) is 0 Å². The van der Waals surface area contributed by atoms with Gasteiger partial charge in [0.05, 0.1) is 35.1 Å². The van der Waals surface area contributed by atoms with Crippen LogP contribution in [0.5, 0.6) is 5.75 Å². The molecule has 1 atom stereocenters. The standard InChI is InChI=1S/C32H28N2O6S/c1-3-38-26(35)20-40-24-18-12-11-17-23(24)19-25-30(36)34-29(22-15-9-6-10-16-22)27(31(37)39-4-2)28(33-32(34)41-25)21-13-7-5-8-14-21/h5-19,29H,3-4,20H2,1-2H3/b25-19-/t29-/m0/s1. The molecule has 0 fully saturated rings. The summed E-state index contributed by atoms with van der Waals surface area (Å²) in [6, 6.07) is 25.2. The van der Waals surface area contributed by atoms with Crippen molar-refractivity contribution in [2.75, 3.05) is 19.8 Å². The van der Waals surface area contributed by atoms with Crippen molar-refractivity contribution in [1.29, 1.82) is 0 Å². The molecule has 0 amide bonds. The van der Waals surface area contributed by atoms with E-state index in [0.29, 0.717) is 31.9 Å². The second-order valence-electron chi connectivity index (χ2n) is 8.97. The lowest BCUT2D eigenvalue weighted by Crippen LogP contribution is -2.40. The number of fused-ring (bicyclic) bond motifs is 1. The molecule has 0 spiro atoms. The summed E-state index contributed by atoms with van der Waals surface area (Å²) in [4.78, 5) is 44.7. The van der Waals surface area contributed by atoms with Gasteiger partial charge in [0.2, 0.25) is 0 Å². The monoisotopic (exact) mass is 568 g/mol. The first kappa shape index (κ1) is 27.8. The van der Waals surface area contributed by atoms with Crippen molar-refractivity contribution in [2.45, 2.75) is 19.9 Å². The van der Waals surface area contributed by atoms with Crippen LogP contribution in [0, 0.1) is 0 Å². The van der Waals surface area contributed by atoms with Crippen LogP contribution >= 0.6 is 11.3 Å². The zero-order valence-electron chi connectivity index (χ0n) is 22.6. The first-order chi connectivity index (χ1) is 20.0. The molecule has 0 aliphatic carbocycles. The van der Waals surface area contributed by atoms with E-state index in [9.17, 15) is 14.4 Å². The van der Waals surface area contributed by atoms with Crippen molar-refractivity contribution < 1.29 is 23.8 Å². The number of para-hydroxylation sites is 1. The summed E-state index contributed by atoms with van der Waals surface area (Å²) < 4.78 is 18.1. The largest absolute Gasteiger partial charge is 0.481 e. The average molecular weight is 569 g/mol. The number of carbonyl (C=O) groups is 2. The molecule has 9 heteroatoms. The highest BCUT2D eigenvalue weighted by molar-refractivity contribution is 7.07. The molecule has 2 heterocycles. The average Bonchev–Trinajstić information content (AvgIpc) is 3.31. The fourth-order valence-electron chi connectivity index (χ4n) is 4.60. The molecule has 0 saturated carbocycles. The van der Waals surface area contributed by atoms with Crippen LogP contribution in [0.4, 0.5) is 0 Å². The third kappa shape index (κ3) is 5.90. The molecule has 5 rings (SSSR count). The van der Waals surface area contributed by atoms with Gasteiger partial charge in [-0.15, -0.1) is 0 Å². The van der Waals surface area contributed by atoms with E-state index in [0.717, 1.165) is 11.1 Å². The minimum atomic E-state index is -0.751. The van der Waals surface area contributed by atoms with E-state index in [1.807, 2.05) is 66.7 Å². The predicted octanol–water partition coefficient (Wildman–Crippen LogP) is 3.88. The molecule has 0 N–H and O–H groups in total. The second kappa shape index (κ2) is 12.6. The smallest absolute Gasteiger partial charge is 0.344 e. The molecule has 0 saturated heterocycles. The lowest BCUT2D eigenvalue weighted by atomic mass is 9.93. The molecular formula is C32H28N2O6S. The normalized spacial score (nSPS) is 14.7. The van der Waals surface area contributed by atoms with E-state index < -0.39 is 18.0 Å². The molecule has 1 aromatic heterocycles. The number of nitrogens with zero attached hydrogens (tertiary/aromatic N) is 2. The lowest BCUT2D eigenvalue weighted by Gasteiger charge is -2.25. The van der Waals surface area contributed by atoms with Crippen LogP contribution in [0.1, 0.15) is 36.6 Å². The maximum Gasteiger partial charge on any atom is 0.344 e. The minimum absolute atomic E-state index is 0.179. The number of hydrogen-bond donors (Lipinski definition) is 0. The number of thiazole rings is 1. The third-order valence-electron chi connectivity index (χ3n) is 6.35. The second-order valence-corrected chi connectivity index (χ2v) is 9.98. The summed E-state index contributed by atoms with van der Waals surface area (Å²) >= 11 is 1.22. The van der Waals surface area contributed by atoms with Crippen molar-refractivity contribution in [3.63, 3.8) is 0 Å². The van der Waals surface area contributed by atoms with Crippen molar-refractivity contribution in [3.05, 3.63) is 127 Å². The van der Waals surface area contributed by atoms with E-state index in [1.165, 1.54) is 11.3 Å². The number of rotatable bonds is 9. The molecule has 208 valence electrons.